The van der Waals surface area contributed by atoms with E-state index in [0.29, 0.717) is 12.5 Å². The molecule has 0 saturated carbocycles. The molecule has 0 spiro atoms. The Balaban J connectivity index is 1.93. The first-order valence-corrected chi connectivity index (χ1v) is 6.58. The van der Waals surface area contributed by atoms with Crippen LogP contribution in [0.2, 0.25) is 0 Å². The van der Waals surface area contributed by atoms with Gasteiger partial charge in [0.05, 0.1) is 0 Å². The Morgan fingerprint density at radius 3 is 2.53 bits per heavy atom. The Hall–Kier alpha value is -0.860. The van der Waals surface area contributed by atoms with Crippen LogP contribution in [-0.4, -0.2) is 29.7 Å². The SMILES string of the molecule is Cc1ccc(CN2CCC(CO)CC2)c(C)c1. The summed E-state index contributed by atoms with van der Waals surface area (Å²) in [4.78, 5) is 2.50. The van der Waals surface area contributed by atoms with Crippen LogP contribution >= 0.6 is 0 Å². The van der Waals surface area contributed by atoms with Gasteiger partial charge in [0.1, 0.15) is 0 Å². The monoisotopic (exact) mass is 233 g/mol. The van der Waals surface area contributed by atoms with Crippen molar-refractivity contribution in [2.45, 2.75) is 33.2 Å². The number of aryl methyl sites for hydroxylation is 2. The summed E-state index contributed by atoms with van der Waals surface area (Å²) in [6.45, 7) is 8.01. The molecule has 0 unspecified atom stereocenters. The molecule has 1 saturated heterocycles. The molecule has 1 aliphatic heterocycles. The van der Waals surface area contributed by atoms with Crippen molar-refractivity contribution >= 4 is 0 Å². The largest absolute Gasteiger partial charge is 0.396 e. The summed E-state index contributed by atoms with van der Waals surface area (Å²) < 4.78 is 0. The van der Waals surface area contributed by atoms with Crippen LogP contribution in [0.25, 0.3) is 0 Å². The van der Waals surface area contributed by atoms with Gasteiger partial charge in [-0.05, 0) is 56.8 Å². The Kier molecular flexibility index (Phi) is 4.19. The molecule has 2 heteroatoms. The summed E-state index contributed by atoms with van der Waals surface area (Å²) in [5.74, 6) is 0.533. The molecule has 1 fully saturated rings. The molecule has 0 bridgehead atoms. The first-order valence-electron chi connectivity index (χ1n) is 6.58. The number of hydrogen-bond donors (Lipinski definition) is 1. The Bertz CT molecular complexity index is 367. The van der Waals surface area contributed by atoms with Crippen molar-refractivity contribution in [1.82, 2.24) is 4.90 Å². The van der Waals surface area contributed by atoms with Crippen LogP contribution < -0.4 is 0 Å². The second-order valence-corrected chi connectivity index (χ2v) is 5.33. The quantitative estimate of drug-likeness (QED) is 0.867. The molecule has 1 aromatic carbocycles. The number of nitrogens with zero attached hydrogens (tertiary/aromatic N) is 1. The van der Waals surface area contributed by atoms with Crippen LogP contribution in [0.3, 0.4) is 0 Å². The zero-order chi connectivity index (χ0) is 12.3. The maximum Gasteiger partial charge on any atom is 0.0460 e. The average Bonchev–Trinajstić information content (AvgIpc) is 2.34. The van der Waals surface area contributed by atoms with Gasteiger partial charge in [0.25, 0.3) is 0 Å². The van der Waals surface area contributed by atoms with Gasteiger partial charge >= 0.3 is 0 Å². The van der Waals surface area contributed by atoms with Gasteiger partial charge in [-0.3, -0.25) is 4.90 Å². The molecule has 0 amide bonds. The number of likely N-dealkylation sites (tertiary alicyclic amines) is 1. The van der Waals surface area contributed by atoms with Crippen molar-refractivity contribution in [3.8, 4) is 0 Å². The molecule has 94 valence electrons. The summed E-state index contributed by atoms with van der Waals surface area (Å²) in [5, 5.41) is 9.12. The zero-order valence-corrected chi connectivity index (χ0v) is 10.9. The van der Waals surface area contributed by atoms with E-state index >= 15 is 0 Å². The maximum atomic E-state index is 9.12. The summed E-state index contributed by atoms with van der Waals surface area (Å²) in [6, 6.07) is 6.71. The molecule has 2 nitrogen and oxygen atoms in total. The van der Waals surface area contributed by atoms with E-state index in [1.54, 1.807) is 0 Å². The highest BCUT2D eigenvalue weighted by Crippen LogP contribution is 2.20. The number of rotatable bonds is 3. The highest BCUT2D eigenvalue weighted by molar-refractivity contribution is 5.30. The maximum absolute atomic E-state index is 9.12. The number of benzene rings is 1. The first kappa shape index (κ1) is 12.6. The Morgan fingerprint density at radius 1 is 1.24 bits per heavy atom. The number of aliphatic hydroxyl groups is 1. The van der Waals surface area contributed by atoms with E-state index in [4.69, 9.17) is 5.11 Å². The average molecular weight is 233 g/mol. The minimum absolute atomic E-state index is 0.359. The Labute approximate surface area is 104 Å². The zero-order valence-electron chi connectivity index (χ0n) is 10.9. The molecule has 0 radical (unpaired) electrons. The van der Waals surface area contributed by atoms with Gasteiger partial charge < -0.3 is 5.11 Å². The lowest BCUT2D eigenvalue weighted by atomic mass is 9.97. The molecule has 0 aromatic heterocycles. The van der Waals surface area contributed by atoms with E-state index in [-0.39, 0.29) is 0 Å². The molecule has 17 heavy (non-hydrogen) atoms. The predicted molar refractivity (Wildman–Crippen MR) is 71.0 cm³/mol. The summed E-state index contributed by atoms with van der Waals surface area (Å²) in [7, 11) is 0. The third-order valence-corrected chi connectivity index (χ3v) is 3.86. The molecule has 2 rings (SSSR count). The van der Waals surface area contributed by atoms with Gasteiger partial charge in [0.2, 0.25) is 0 Å². The fraction of sp³-hybridized carbons (Fsp3) is 0.600. The molecule has 0 atom stereocenters. The number of piperidine rings is 1. The lowest BCUT2D eigenvalue weighted by molar-refractivity contribution is 0.127. The van der Waals surface area contributed by atoms with Gasteiger partial charge in [-0.2, -0.15) is 0 Å². The standard InChI is InChI=1S/C15H23NO/c1-12-3-4-15(13(2)9-12)10-16-7-5-14(11-17)6-8-16/h3-4,9,14,17H,5-8,10-11H2,1-2H3. The lowest BCUT2D eigenvalue weighted by Gasteiger charge is -2.31. The van der Waals surface area contributed by atoms with Crippen molar-refractivity contribution in [2.24, 2.45) is 5.92 Å². The van der Waals surface area contributed by atoms with Crippen molar-refractivity contribution in [3.63, 3.8) is 0 Å². The van der Waals surface area contributed by atoms with Crippen LogP contribution in [0.5, 0.6) is 0 Å². The highest BCUT2D eigenvalue weighted by Gasteiger charge is 2.18. The Morgan fingerprint density at radius 2 is 1.94 bits per heavy atom. The number of hydrogen-bond acceptors (Lipinski definition) is 2. The highest BCUT2D eigenvalue weighted by atomic mass is 16.3. The minimum atomic E-state index is 0.359. The smallest absolute Gasteiger partial charge is 0.0460 e. The van der Waals surface area contributed by atoms with E-state index < -0.39 is 0 Å². The molecule has 1 heterocycles. The molecule has 1 aliphatic rings. The summed E-state index contributed by atoms with van der Waals surface area (Å²) in [5.41, 5.74) is 4.18. The van der Waals surface area contributed by atoms with E-state index in [1.165, 1.54) is 16.7 Å². The van der Waals surface area contributed by atoms with Gasteiger partial charge in [0.15, 0.2) is 0 Å². The normalized spacial score (nSPS) is 18.5. The van der Waals surface area contributed by atoms with Crippen molar-refractivity contribution in [2.75, 3.05) is 19.7 Å². The predicted octanol–water partition coefficient (Wildman–Crippen LogP) is 2.51. The molecule has 1 N–H and O–H groups in total. The van der Waals surface area contributed by atoms with Crippen LogP contribution in [0, 0.1) is 19.8 Å². The summed E-state index contributed by atoms with van der Waals surface area (Å²) in [6.07, 6.45) is 2.28. The van der Waals surface area contributed by atoms with Crippen LogP contribution in [-0.2, 0) is 6.54 Å². The summed E-state index contributed by atoms with van der Waals surface area (Å²) >= 11 is 0. The van der Waals surface area contributed by atoms with Gasteiger partial charge in [-0.15, -0.1) is 0 Å². The van der Waals surface area contributed by atoms with Crippen LogP contribution in [0.4, 0.5) is 0 Å². The second kappa shape index (κ2) is 5.65. The van der Waals surface area contributed by atoms with Gasteiger partial charge in [-0.1, -0.05) is 23.8 Å². The van der Waals surface area contributed by atoms with E-state index in [2.05, 4.69) is 36.9 Å². The lowest BCUT2D eigenvalue weighted by Crippen LogP contribution is -2.34. The second-order valence-electron chi connectivity index (χ2n) is 5.33. The van der Waals surface area contributed by atoms with Crippen molar-refractivity contribution < 1.29 is 5.11 Å². The topological polar surface area (TPSA) is 23.5 Å². The molecule has 1 aromatic rings. The molecular formula is C15H23NO. The van der Waals surface area contributed by atoms with Gasteiger partial charge in [-0.25, -0.2) is 0 Å². The fourth-order valence-corrected chi connectivity index (χ4v) is 2.59. The van der Waals surface area contributed by atoms with E-state index in [1.807, 2.05) is 0 Å². The van der Waals surface area contributed by atoms with Crippen LogP contribution in [0.1, 0.15) is 29.5 Å². The minimum Gasteiger partial charge on any atom is -0.396 e. The first-order chi connectivity index (χ1) is 8.19. The molecular weight excluding hydrogens is 210 g/mol. The van der Waals surface area contributed by atoms with Gasteiger partial charge in [0, 0.05) is 13.2 Å². The molecule has 0 aliphatic carbocycles. The number of aliphatic hydroxyl groups excluding tert-OH is 1. The fourth-order valence-electron chi connectivity index (χ4n) is 2.59. The third-order valence-electron chi connectivity index (χ3n) is 3.86. The van der Waals surface area contributed by atoms with Crippen molar-refractivity contribution in [1.29, 1.82) is 0 Å². The van der Waals surface area contributed by atoms with E-state index in [0.717, 1.165) is 32.5 Å². The van der Waals surface area contributed by atoms with E-state index in [9.17, 15) is 0 Å². The third kappa shape index (κ3) is 3.30. The van der Waals surface area contributed by atoms with Crippen molar-refractivity contribution in [3.05, 3.63) is 34.9 Å². The van der Waals surface area contributed by atoms with Crippen LogP contribution in [0.15, 0.2) is 18.2 Å².